The number of hydrogen-bond acceptors (Lipinski definition) is 4. The maximum atomic E-state index is 13.6. The SMILES string of the molecule is O=C(CCc1cccc(F)c1F)N1CC[C@@](O)(c2cn[nH]n2)C1. The first-order chi connectivity index (χ1) is 11.0. The lowest BCUT2D eigenvalue weighted by atomic mass is 10.00. The summed E-state index contributed by atoms with van der Waals surface area (Å²) in [5.41, 5.74) is -0.652. The van der Waals surface area contributed by atoms with Crippen molar-refractivity contribution in [1.82, 2.24) is 20.3 Å². The van der Waals surface area contributed by atoms with Crippen LogP contribution >= 0.6 is 0 Å². The van der Waals surface area contributed by atoms with Gasteiger partial charge in [0.1, 0.15) is 11.3 Å². The highest BCUT2D eigenvalue weighted by Crippen LogP contribution is 2.30. The lowest BCUT2D eigenvalue weighted by molar-refractivity contribution is -0.131. The second kappa shape index (κ2) is 6.04. The van der Waals surface area contributed by atoms with E-state index in [1.165, 1.54) is 23.2 Å². The molecule has 8 heteroatoms. The highest BCUT2D eigenvalue weighted by atomic mass is 19.2. The van der Waals surface area contributed by atoms with Crippen molar-refractivity contribution in [1.29, 1.82) is 0 Å². The van der Waals surface area contributed by atoms with E-state index in [1.54, 1.807) is 0 Å². The van der Waals surface area contributed by atoms with Crippen molar-refractivity contribution in [2.75, 3.05) is 13.1 Å². The molecule has 0 bridgehead atoms. The fourth-order valence-electron chi connectivity index (χ4n) is 2.78. The molecule has 1 saturated heterocycles. The molecule has 2 aromatic rings. The Morgan fingerprint density at radius 1 is 1.43 bits per heavy atom. The van der Waals surface area contributed by atoms with E-state index in [-0.39, 0.29) is 30.9 Å². The van der Waals surface area contributed by atoms with Crippen molar-refractivity contribution in [2.24, 2.45) is 0 Å². The molecule has 3 rings (SSSR count). The predicted molar refractivity (Wildman–Crippen MR) is 76.2 cm³/mol. The summed E-state index contributed by atoms with van der Waals surface area (Å²) in [6.45, 7) is 0.498. The third kappa shape index (κ3) is 3.07. The number of H-pyrrole nitrogens is 1. The van der Waals surface area contributed by atoms with Gasteiger partial charge in [0.2, 0.25) is 5.91 Å². The zero-order chi connectivity index (χ0) is 16.4. The number of halogens is 2. The summed E-state index contributed by atoms with van der Waals surface area (Å²) in [7, 11) is 0. The van der Waals surface area contributed by atoms with Crippen LogP contribution in [0.5, 0.6) is 0 Å². The Morgan fingerprint density at radius 3 is 3.00 bits per heavy atom. The molecule has 0 radical (unpaired) electrons. The second-order valence-corrected chi connectivity index (χ2v) is 5.67. The summed E-state index contributed by atoms with van der Waals surface area (Å²) in [4.78, 5) is 13.7. The van der Waals surface area contributed by atoms with Crippen molar-refractivity contribution in [2.45, 2.75) is 24.9 Å². The minimum Gasteiger partial charge on any atom is -0.381 e. The highest BCUT2D eigenvalue weighted by molar-refractivity contribution is 5.77. The molecule has 1 fully saturated rings. The third-order valence-corrected chi connectivity index (χ3v) is 4.13. The van der Waals surface area contributed by atoms with Gasteiger partial charge in [0.15, 0.2) is 11.6 Å². The van der Waals surface area contributed by atoms with Gasteiger partial charge in [-0.15, -0.1) is 0 Å². The fourth-order valence-corrected chi connectivity index (χ4v) is 2.78. The van der Waals surface area contributed by atoms with Gasteiger partial charge in [-0.25, -0.2) is 8.78 Å². The predicted octanol–water partition coefficient (Wildman–Crippen LogP) is 1.14. The summed E-state index contributed by atoms with van der Waals surface area (Å²) in [5, 5.41) is 20.5. The molecule has 0 saturated carbocycles. The van der Waals surface area contributed by atoms with E-state index in [9.17, 15) is 18.7 Å². The van der Waals surface area contributed by atoms with Crippen LogP contribution in [-0.4, -0.2) is 44.4 Å². The van der Waals surface area contributed by atoms with Crippen LogP contribution < -0.4 is 0 Å². The number of benzene rings is 1. The van der Waals surface area contributed by atoms with Gasteiger partial charge in [-0.3, -0.25) is 4.79 Å². The molecule has 1 aromatic carbocycles. The van der Waals surface area contributed by atoms with Crippen LogP contribution in [0.1, 0.15) is 24.1 Å². The largest absolute Gasteiger partial charge is 0.381 e. The first-order valence-electron chi connectivity index (χ1n) is 7.29. The smallest absolute Gasteiger partial charge is 0.223 e. The maximum Gasteiger partial charge on any atom is 0.223 e. The Morgan fingerprint density at radius 2 is 2.26 bits per heavy atom. The van der Waals surface area contributed by atoms with E-state index >= 15 is 0 Å². The van der Waals surface area contributed by atoms with E-state index in [1.807, 2.05) is 0 Å². The monoisotopic (exact) mass is 322 g/mol. The van der Waals surface area contributed by atoms with Crippen molar-refractivity contribution in [3.63, 3.8) is 0 Å². The number of β-amino-alcohol motifs (C(OH)–C–C–N with tert-alkyl or cyclic N) is 1. The first-order valence-corrected chi connectivity index (χ1v) is 7.29. The molecule has 23 heavy (non-hydrogen) atoms. The standard InChI is InChI=1S/C15H16F2N4O2/c16-11-3-1-2-10(14(11)17)4-5-13(22)21-7-6-15(23,9-21)12-8-18-20-19-12/h1-3,8,23H,4-7,9H2,(H,18,19,20)/t15-/m0/s1. The molecule has 0 unspecified atom stereocenters. The quantitative estimate of drug-likeness (QED) is 0.884. The Kier molecular flexibility index (Phi) is 4.08. The third-order valence-electron chi connectivity index (χ3n) is 4.13. The normalized spacial score (nSPS) is 20.9. The molecule has 122 valence electrons. The molecule has 1 amide bonds. The Bertz CT molecular complexity index is 708. The zero-order valence-electron chi connectivity index (χ0n) is 12.3. The maximum absolute atomic E-state index is 13.6. The van der Waals surface area contributed by atoms with Crippen LogP contribution in [0.15, 0.2) is 24.4 Å². The summed E-state index contributed by atoms with van der Waals surface area (Å²) in [5.74, 6) is -2.05. The van der Waals surface area contributed by atoms with Crippen LogP contribution in [0.3, 0.4) is 0 Å². The van der Waals surface area contributed by atoms with Crippen molar-refractivity contribution < 1.29 is 18.7 Å². The van der Waals surface area contributed by atoms with Gasteiger partial charge in [0.25, 0.3) is 0 Å². The van der Waals surface area contributed by atoms with Gasteiger partial charge in [-0.05, 0) is 18.1 Å². The van der Waals surface area contributed by atoms with Gasteiger partial charge in [-0.1, -0.05) is 12.1 Å². The van der Waals surface area contributed by atoms with Crippen LogP contribution in [0.25, 0.3) is 0 Å². The van der Waals surface area contributed by atoms with E-state index < -0.39 is 17.2 Å². The van der Waals surface area contributed by atoms with Crippen LogP contribution in [0.2, 0.25) is 0 Å². The van der Waals surface area contributed by atoms with Gasteiger partial charge >= 0.3 is 0 Å². The molecule has 1 aliphatic heterocycles. The minimum absolute atomic E-state index is 0.0509. The average Bonchev–Trinajstić information content (AvgIpc) is 3.19. The topological polar surface area (TPSA) is 82.1 Å². The number of carbonyl (C=O) groups excluding carboxylic acids is 1. The Labute approximate surface area is 131 Å². The number of aryl methyl sites for hydroxylation is 1. The van der Waals surface area contributed by atoms with E-state index in [2.05, 4.69) is 15.4 Å². The number of amides is 1. The summed E-state index contributed by atoms with van der Waals surface area (Å²) in [6.07, 6.45) is 1.95. The molecule has 2 heterocycles. The van der Waals surface area contributed by atoms with Crippen molar-refractivity contribution >= 4 is 5.91 Å². The molecular formula is C15H16F2N4O2. The second-order valence-electron chi connectivity index (χ2n) is 5.67. The van der Waals surface area contributed by atoms with Crippen LogP contribution in [0, 0.1) is 11.6 Å². The number of rotatable bonds is 4. The highest BCUT2D eigenvalue weighted by Gasteiger charge is 2.41. The van der Waals surface area contributed by atoms with E-state index in [4.69, 9.17) is 0 Å². The molecule has 1 aromatic heterocycles. The summed E-state index contributed by atoms with van der Waals surface area (Å²) >= 11 is 0. The fraction of sp³-hybridized carbons (Fsp3) is 0.400. The van der Waals surface area contributed by atoms with Gasteiger partial charge in [-0.2, -0.15) is 15.4 Å². The summed E-state index contributed by atoms with van der Waals surface area (Å²) < 4.78 is 26.7. The van der Waals surface area contributed by atoms with Crippen molar-refractivity contribution in [3.05, 3.63) is 47.3 Å². The van der Waals surface area contributed by atoms with Gasteiger partial charge < -0.3 is 10.0 Å². The number of aliphatic hydroxyl groups is 1. The molecule has 1 atom stereocenters. The molecule has 0 aliphatic carbocycles. The minimum atomic E-state index is -1.22. The number of nitrogens with one attached hydrogen (secondary N) is 1. The molecule has 1 aliphatic rings. The Balaban J connectivity index is 1.61. The molecule has 0 spiro atoms. The lowest BCUT2D eigenvalue weighted by Gasteiger charge is -2.21. The Hall–Kier alpha value is -2.35. The number of hydrogen-bond donors (Lipinski definition) is 2. The number of aromatic nitrogens is 3. The van der Waals surface area contributed by atoms with Crippen molar-refractivity contribution in [3.8, 4) is 0 Å². The van der Waals surface area contributed by atoms with E-state index in [0.717, 1.165) is 6.07 Å². The number of aromatic amines is 1. The van der Waals surface area contributed by atoms with Gasteiger partial charge in [0, 0.05) is 19.4 Å². The molecule has 6 nitrogen and oxygen atoms in total. The first kappa shape index (κ1) is 15.5. The lowest BCUT2D eigenvalue weighted by Crippen LogP contribution is -2.34. The molecular weight excluding hydrogens is 306 g/mol. The van der Waals surface area contributed by atoms with E-state index in [0.29, 0.717) is 18.7 Å². The number of nitrogens with zero attached hydrogens (tertiary/aromatic N) is 3. The van der Waals surface area contributed by atoms with Crippen LogP contribution in [-0.2, 0) is 16.8 Å². The number of carbonyl (C=O) groups is 1. The van der Waals surface area contributed by atoms with Gasteiger partial charge in [0.05, 0.1) is 12.7 Å². The zero-order valence-corrected chi connectivity index (χ0v) is 12.3. The van der Waals surface area contributed by atoms with Crippen LogP contribution in [0.4, 0.5) is 8.78 Å². The summed E-state index contributed by atoms with van der Waals surface area (Å²) in [6, 6.07) is 3.91. The molecule has 2 N–H and O–H groups in total. The average molecular weight is 322 g/mol. The number of likely N-dealkylation sites (tertiary alicyclic amines) is 1.